The van der Waals surface area contributed by atoms with Crippen molar-refractivity contribution in [3.63, 3.8) is 0 Å². The van der Waals surface area contributed by atoms with Crippen LogP contribution >= 0.6 is 15.9 Å². The van der Waals surface area contributed by atoms with Crippen LogP contribution in [0.15, 0.2) is 35.1 Å². The second-order valence-electron chi connectivity index (χ2n) is 4.42. The molecule has 0 atom stereocenters. The second kappa shape index (κ2) is 6.84. The van der Waals surface area contributed by atoms with Crippen molar-refractivity contribution in [1.29, 1.82) is 0 Å². The van der Waals surface area contributed by atoms with Gasteiger partial charge in [0, 0.05) is 30.9 Å². The fraction of sp³-hybridized carbons (Fsp3) is 0.357. The number of nitrogens with one attached hydrogen (secondary N) is 1. The van der Waals surface area contributed by atoms with Crippen molar-refractivity contribution in [2.45, 2.75) is 13.5 Å². The molecule has 0 aliphatic carbocycles. The number of ether oxygens (including phenoxy) is 1. The Morgan fingerprint density at radius 2 is 2.26 bits per heavy atom. The van der Waals surface area contributed by atoms with Crippen LogP contribution < -0.4 is 5.32 Å². The number of hydrogen-bond donors (Lipinski definition) is 1. The molecule has 1 aromatic heterocycles. The number of methoxy groups -OCH3 is 1. The van der Waals surface area contributed by atoms with Gasteiger partial charge in [0.05, 0.1) is 18.5 Å². The maximum Gasteiger partial charge on any atom is 0.0787 e. The van der Waals surface area contributed by atoms with Gasteiger partial charge < -0.3 is 10.1 Å². The number of benzene rings is 1. The highest BCUT2D eigenvalue weighted by molar-refractivity contribution is 9.10. The largest absolute Gasteiger partial charge is 0.383 e. The SMILES string of the molecule is COCCNCc1ccc(-n2cc(C)cn2)c(Br)c1. The quantitative estimate of drug-likeness (QED) is 0.831. The number of nitrogens with zero attached hydrogens (tertiary/aromatic N) is 2. The van der Waals surface area contributed by atoms with E-state index in [1.165, 1.54) is 5.56 Å². The third kappa shape index (κ3) is 3.89. The fourth-order valence-electron chi connectivity index (χ4n) is 1.80. The summed E-state index contributed by atoms with van der Waals surface area (Å²) in [7, 11) is 1.71. The van der Waals surface area contributed by atoms with E-state index in [4.69, 9.17) is 4.74 Å². The van der Waals surface area contributed by atoms with Crippen LogP contribution in [-0.2, 0) is 11.3 Å². The molecule has 0 radical (unpaired) electrons. The smallest absolute Gasteiger partial charge is 0.0787 e. The summed E-state index contributed by atoms with van der Waals surface area (Å²) in [6.07, 6.45) is 3.86. The number of hydrogen-bond acceptors (Lipinski definition) is 3. The summed E-state index contributed by atoms with van der Waals surface area (Å²) in [5.41, 5.74) is 3.43. The lowest BCUT2D eigenvalue weighted by Crippen LogP contribution is -2.18. The Balaban J connectivity index is 2.05. The molecule has 0 amide bonds. The first-order valence-electron chi connectivity index (χ1n) is 6.20. The maximum absolute atomic E-state index is 5.00. The average Bonchev–Trinajstić information content (AvgIpc) is 2.81. The Labute approximate surface area is 121 Å². The molecule has 1 heterocycles. The van der Waals surface area contributed by atoms with Crippen molar-refractivity contribution in [2.24, 2.45) is 0 Å². The van der Waals surface area contributed by atoms with Gasteiger partial charge in [-0.15, -0.1) is 0 Å². The number of aromatic nitrogens is 2. The molecule has 0 saturated heterocycles. The Morgan fingerprint density at radius 3 is 2.89 bits per heavy atom. The van der Waals surface area contributed by atoms with Gasteiger partial charge in [-0.1, -0.05) is 6.07 Å². The van der Waals surface area contributed by atoms with E-state index in [1.54, 1.807) is 7.11 Å². The Kier molecular flexibility index (Phi) is 5.13. The van der Waals surface area contributed by atoms with Crippen LogP contribution in [0.5, 0.6) is 0 Å². The zero-order valence-corrected chi connectivity index (χ0v) is 12.8. The molecule has 2 aromatic rings. The molecule has 5 heteroatoms. The lowest BCUT2D eigenvalue weighted by atomic mass is 10.2. The molecular formula is C14H18BrN3O. The first-order chi connectivity index (χ1) is 9.20. The number of rotatable bonds is 6. The molecule has 2 rings (SSSR count). The van der Waals surface area contributed by atoms with E-state index >= 15 is 0 Å². The minimum absolute atomic E-state index is 0.728. The average molecular weight is 324 g/mol. The van der Waals surface area contributed by atoms with Crippen molar-refractivity contribution < 1.29 is 4.74 Å². The summed E-state index contributed by atoms with van der Waals surface area (Å²) in [5, 5.41) is 7.64. The van der Waals surface area contributed by atoms with Gasteiger partial charge in [-0.05, 0) is 46.1 Å². The van der Waals surface area contributed by atoms with Gasteiger partial charge in [-0.2, -0.15) is 5.10 Å². The summed E-state index contributed by atoms with van der Waals surface area (Å²) in [5.74, 6) is 0. The van der Waals surface area contributed by atoms with E-state index in [2.05, 4.69) is 44.5 Å². The van der Waals surface area contributed by atoms with Gasteiger partial charge in [-0.3, -0.25) is 0 Å². The first-order valence-corrected chi connectivity index (χ1v) is 6.99. The van der Waals surface area contributed by atoms with Crippen LogP contribution in [0.3, 0.4) is 0 Å². The molecule has 4 nitrogen and oxygen atoms in total. The van der Waals surface area contributed by atoms with Crippen molar-refractivity contribution in [3.05, 3.63) is 46.2 Å². The molecule has 0 unspecified atom stereocenters. The molecular weight excluding hydrogens is 306 g/mol. The normalized spacial score (nSPS) is 10.9. The van der Waals surface area contributed by atoms with Crippen LogP contribution in [-0.4, -0.2) is 30.0 Å². The maximum atomic E-state index is 5.00. The summed E-state index contributed by atoms with van der Waals surface area (Å²) in [4.78, 5) is 0. The van der Waals surface area contributed by atoms with E-state index in [-0.39, 0.29) is 0 Å². The third-order valence-electron chi connectivity index (χ3n) is 2.78. The van der Waals surface area contributed by atoms with Gasteiger partial charge in [-0.25, -0.2) is 4.68 Å². The molecule has 102 valence electrons. The Hall–Kier alpha value is -1.17. The van der Waals surface area contributed by atoms with E-state index < -0.39 is 0 Å². The number of halogens is 1. The molecule has 1 aromatic carbocycles. The van der Waals surface area contributed by atoms with Crippen LogP contribution in [0, 0.1) is 6.92 Å². The van der Waals surface area contributed by atoms with Gasteiger partial charge in [0.15, 0.2) is 0 Å². The summed E-state index contributed by atoms with van der Waals surface area (Å²) < 4.78 is 7.92. The monoisotopic (exact) mass is 323 g/mol. The molecule has 19 heavy (non-hydrogen) atoms. The zero-order chi connectivity index (χ0) is 13.7. The van der Waals surface area contributed by atoms with Crippen molar-refractivity contribution in [2.75, 3.05) is 20.3 Å². The topological polar surface area (TPSA) is 39.1 Å². The summed E-state index contributed by atoms with van der Waals surface area (Å²) >= 11 is 3.60. The molecule has 1 N–H and O–H groups in total. The highest BCUT2D eigenvalue weighted by atomic mass is 79.9. The Morgan fingerprint density at radius 1 is 1.42 bits per heavy atom. The first kappa shape index (κ1) is 14.2. The van der Waals surface area contributed by atoms with Crippen molar-refractivity contribution in [1.82, 2.24) is 15.1 Å². The van der Waals surface area contributed by atoms with Gasteiger partial charge >= 0.3 is 0 Å². The molecule has 0 spiro atoms. The van der Waals surface area contributed by atoms with Crippen molar-refractivity contribution in [3.8, 4) is 5.69 Å². The van der Waals surface area contributed by atoms with E-state index in [9.17, 15) is 0 Å². The molecule has 0 bridgehead atoms. The molecule has 0 saturated carbocycles. The third-order valence-corrected chi connectivity index (χ3v) is 3.42. The highest BCUT2D eigenvalue weighted by Gasteiger charge is 2.04. The van der Waals surface area contributed by atoms with Gasteiger partial charge in [0.1, 0.15) is 0 Å². The van der Waals surface area contributed by atoms with Crippen LogP contribution in [0.1, 0.15) is 11.1 Å². The molecule has 0 fully saturated rings. The van der Waals surface area contributed by atoms with Gasteiger partial charge in [0.2, 0.25) is 0 Å². The zero-order valence-electron chi connectivity index (χ0n) is 11.2. The second-order valence-corrected chi connectivity index (χ2v) is 5.27. The standard InChI is InChI=1S/C14H18BrN3O/c1-11-8-17-18(10-11)14-4-3-12(7-13(14)15)9-16-5-6-19-2/h3-4,7-8,10,16H,5-6,9H2,1-2H3. The Bertz CT molecular complexity index is 539. The minimum atomic E-state index is 0.728. The van der Waals surface area contributed by atoms with Crippen LogP contribution in [0.2, 0.25) is 0 Å². The van der Waals surface area contributed by atoms with E-state index in [1.807, 2.05) is 24.0 Å². The predicted octanol–water partition coefficient (Wildman–Crippen LogP) is 2.68. The molecule has 0 aliphatic rings. The minimum Gasteiger partial charge on any atom is -0.383 e. The number of aryl methyl sites for hydroxylation is 1. The highest BCUT2D eigenvalue weighted by Crippen LogP contribution is 2.22. The lowest BCUT2D eigenvalue weighted by Gasteiger charge is -2.08. The van der Waals surface area contributed by atoms with Crippen molar-refractivity contribution >= 4 is 15.9 Å². The van der Waals surface area contributed by atoms with Gasteiger partial charge in [0.25, 0.3) is 0 Å². The fourth-order valence-corrected chi connectivity index (χ4v) is 2.41. The predicted molar refractivity (Wildman–Crippen MR) is 79.6 cm³/mol. The molecule has 0 aliphatic heterocycles. The van der Waals surface area contributed by atoms with Crippen LogP contribution in [0.4, 0.5) is 0 Å². The lowest BCUT2D eigenvalue weighted by molar-refractivity contribution is 0.199. The summed E-state index contributed by atoms with van der Waals surface area (Å²) in [6.45, 7) is 4.45. The van der Waals surface area contributed by atoms with E-state index in [0.717, 1.165) is 35.4 Å². The van der Waals surface area contributed by atoms with Crippen LogP contribution in [0.25, 0.3) is 5.69 Å². The van der Waals surface area contributed by atoms with E-state index in [0.29, 0.717) is 0 Å². The summed E-state index contributed by atoms with van der Waals surface area (Å²) in [6, 6.07) is 6.30.